The van der Waals surface area contributed by atoms with E-state index < -0.39 is 0 Å². The van der Waals surface area contributed by atoms with Crippen LogP contribution in [0.4, 0.5) is 0 Å². The second-order valence-corrected chi connectivity index (χ2v) is 9.17. The minimum Gasteiger partial charge on any atom is -0.256 e. The van der Waals surface area contributed by atoms with Crippen LogP contribution in [0.5, 0.6) is 0 Å². The Bertz CT molecular complexity index is 1800. The van der Waals surface area contributed by atoms with Crippen molar-refractivity contribution >= 4 is 32.3 Å². The summed E-state index contributed by atoms with van der Waals surface area (Å²) in [4.78, 5) is 4.92. The number of pyridine rings is 1. The van der Waals surface area contributed by atoms with Crippen molar-refractivity contribution in [1.29, 1.82) is 0 Å². The monoisotopic (exact) mass is 457 g/mol. The van der Waals surface area contributed by atoms with Gasteiger partial charge in [-0.05, 0) is 55.3 Å². The summed E-state index contributed by atoms with van der Waals surface area (Å²) in [6.07, 6.45) is 1.93. The maximum absolute atomic E-state index is 4.92. The molecule has 0 spiro atoms. The molecule has 7 rings (SSSR count). The standard InChI is InChI=1S/C35H23N/c1-2-10-24(11-3-1)25-18-20-27(21-19-25)33-29-14-6-8-16-31(29)34(32-17-9-7-15-30(32)33)35-28-13-5-4-12-26(28)22-23-36-35/h1-23H. The van der Waals surface area contributed by atoms with Crippen LogP contribution in [0.15, 0.2) is 140 Å². The Balaban J connectivity index is 1.54. The Morgan fingerprint density at radius 2 is 0.806 bits per heavy atom. The normalized spacial score (nSPS) is 11.3. The van der Waals surface area contributed by atoms with Gasteiger partial charge in [-0.15, -0.1) is 0 Å². The van der Waals surface area contributed by atoms with Gasteiger partial charge in [0.1, 0.15) is 0 Å². The third-order valence-corrected chi connectivity index (χ3v) is 7.12. The minimum absolute atomic E-state index is 1.03. The van der Waals surface area contributed by atoms with Crippen LogP contribution >= 0.6 is 0 Å². The first-order chi connectivity index (χ1) is 17.9. The summed E-state index contributed by atoms with van der Waals surface area (Å²) in [5, 5.41) is 7.32. The summed E-state index contributed by atoms with van der Waals surface area (Å²) in [5.74, 6) is 0. The molecule has 0 aliphatic heterocycles. The van der Waals surface area contributed by atoms with Gasteiger partial charge in [-0.1, -0.05) is 127 Å². The first-order valence-corrected chi connectivity index (χ1v) is 12.3. The number of fused-ring (bicyclic) bond motifs is 3. The average Bonchev–Trinajstić information content (AvgIpc) is 2.96. The van der Waals surface area contributed by atoms with Crippen molar-refractivity contribution in [3.63, 3.8) is 0 Å². The maximum atomic E-state index is 4.92. The Hall–Kier alpha value is -4.75. The Labute approximate surface area is 210 Å². The molecule has 1 aromatic heterocycles. The maximum Gasteiger partial charge on any atom is 0.0792 e. The predicted molar refractivity (Wildman–Crippen MR) is 153 cm³/mol. The number of nitrogens with zero attached hydrogens (tertiary/aromatic N) is 1. The SMILES string of the molecule is c1ccc(-c2ccc(-c3c4ccccc4c(-c4nccc5ccccc45)c4ccccc34)cc2)cc1. The second kappa shape index (κ2) is 8.48. The van der Waals surface area contributed by atoms with E-state index in [-0.39, 0.29) is 0 Å². The molecule has 1 heterocycles. The van der Waals surface area contributed by atoms with Crippen LogP contribution in [0.3, 0.4) is 0 Å². The fourth-order valence-corrected chi connectivity index (χ4v) is 5.47. The van der Waals surface area contributed by atoms with Gasteiger partial charge in [-0.3, -0.25) is 4.98 Å². The van der Waals surface area contributed by atoms with E-state index in [0.717, 1.165) is 5.69 Å². The highest BCUT2D eigenvalue weighted by atomic mass is 14.7. The zero-order valence-electron chi connectivity index (χ0n) is 19.7. The Morgan fingerprint density at radius 1 is 0.333 bits per heavy atom. The van der Waals surface area contributed by atoms with Gasteiger partial charge in [-0.2, -0.15) is 0 Å². The van der Waals surface area contributed by atoms with Crippen molar-refractivity contribution in [1.82, 2.24) is 4.98 Å². The molecule has 0 fully saturated rings. The van der Waals surface area contributed by atoms with E-state index in [1.807, 2.05) is 6.20 Å². The van der Waals surface area contributed by atoms with Crippen LogP contribution in [0.1, 0.15) is 0 Å². The largest absolute Gasteiger partial charge is 0.256 e. The number of hydrogen-bond donors (Lipinski definition) is 0. The topological polar surface area (TPSA) is 12.9 Å². The Morgan fingerprint density at radius 3 is 1.44 bits per heavy atom. The molecule has 0 N–H and O–H groups in total. The smallest absolute Gasteiger partial charge is 0.0792 e. The van der Waals surface area contributed by atoms with E-state index in [1.165, 1.54) is 60.1 Å². The molecule has 6 aromatic carbocycles. The van der Waals surface area contributed by atoms with Crippen molar-refractivity contribution in [3.8, 4) is 33.5 Å². The molecule has 0 aliphatic carbocycles. The molecule has 1 nitrogen and oxygen atoms in total. The summed E-state index contributed by atoms with van der Waals surface area (Å²) >= 11 is 0. The first kappa shape index (κ1) is 20.6. The third-order valence-electron chi connectivity index (χ3n) is 7.12. The Kier molecular flexibility index (Phi) is 4.85. The van der Waals surface area contributed by atoms with Crippen molar-refractivity contribution in [3.05, 3.63) is 140 Å². The van der Waals surface area contributed by atoms with E-state index in [2.05, 4.69) is 133 Å². The van der Waals surface area contributed by atoms with E-state index in [1.54, 1.807) is 0 Å². The average molecular weight is 458 g/mol. The third kappa shape index (κ3) is 3.29. The van der Waals surface area contributed by atoms with E-state index in [0.29, 0.717) is 0 Å². The lowest BCUT2D eigenvalue weighted by molar-refractivity contribution is 1.37. The van der Waals surface area contributed by atoms with Gasteiger partial charge in [0.25, 0.3) is 0 Å². The molecular formula is C35H23N. The van der Waals surface area contributed by atoms with Crippen LogP contribution < -0.4 is 0 Å². The zero-order chi connectivity index (χ0) is 23.9. The molecule has 0 aliphatic rings. The molecule has 0 amide bonds. The van der Waals surface area contributed by atoms with Crippen LogP contribution in [-0.2, 0) is 0 Å². The molecule has 7 aromatic rings. The molecular weight excluding hydrogens is 434 g/mol. The molecule has 0 bridgehead atoms. The number of benzene rings is 6. The van der Waals surface area contributed by atoms with Crippen molar-refractivity contribution < 1.29 is 0 Å². The summed E-state index contributed by atoms with van der Waals surface area (Å²) in [5.41, 5.74) is 7.18. The predicted octanol–water partition coefficient (Wildman–Crippen LogP) is 9.54. The van der Waals surface area contributed by atoms with Crippen molar-refractivity contribution in [2.75, 3.05) is 0 Å². The van der Waals surface area contributed by atoms with Gasteiger partial charge in [0, 0.05) is 17.1 Å². The second-order valence-electron chi connectivity index (χ2n) is 9.17. The van der Waals surface area contributed by atoms with Crippen LogP contribution in [-0.4, -0.2) is 4.98 Å². The molecule has 0 saturated heterocycles. The zero-order valence-corrected chi connectivity index (χ0v) is 19.7. The van der Waals surface area contributed by atoms with E-state index in [9.17, 15) is 0 Å². The van der Waals surface area contributed by atoms with Gasteiger partial charge in [0.15, 0.2) is 0 Å². The molecule has 0 atom stereocenters. The van der Waals surface area contributed by atoms with E-state index in [4.69, 9.17) is 4.98 Å². The van der Waals surface area contributed by atoms with Gasteiger partial charge in [-0.25, -0.2) is 0 Å². The van der Waals surface area contributed by atoms with Crippen LogP contribution in [0, 0.1) is 0 Å². The van der Waals surface area contributed by atoms with E-state index >= 15 is 0 Å². The highest BCUT2D eigenvalue weighted by Gasteiger charge is 2.18. The van der Waals surface area contributed by atoms with Crippen LogP contribution in [0.25, 0.3) is 65.8 Å². The van der Waals surface area contributed by atoms with Crippen molar-refractivity contribution in [2.24, 2.45) is 0 Å². The molecule has 0 unspecified atom stereocenters. The lowest BCUT2D eigenvalue weighted by Crippen LogP contribution is -1.93. The number of aromatic nitrogens is 1. The summed E-state index contributed by atoms with van der Waals surface area (Å²) in [6, 6.07) is 47.6. The lowest BCUT2D eigenvalue weighted by atomic mass is 9.86. The van der Waals surface area contributed by atoms with Gasteiger partial charge in [0.05, 0.1) is 5.69 Å². The number of hydrogen-bond acceptors (Lipinski definition) is 1. The highest BCUT2D eigenvalue weighted by molar-refractivity contribution is 6.22. The fourth-order valence-electron chi connectivity index (χ4n) is 5.47. The van der Waals surface area contributed by atoms with Gasteiger partial charge in [0.2, 0.25) is 0 Å². The first-order valence-electron chi connectivity index (χ1n) is 12.3. The molecule has 0 saturated carbocycles. The molecule has 36 heavy (non-hydrogen) atoms. The summed E-state index contributed by atoms with van der Waals surface area (Å²) in [7, 11) is 0. The summed E-state index contributed by atoms with van der Waals surface area (Å²) in [6.45, 7) is 0. The highest BCUT2D eigenvalue weighted by Crippen LogP contribution is 2.44. The van der Waals surface area contributed by atoms with Crippen LogP contribution in [0.2, 0.25) is 0 Å². The number of rotatable bonds is 3. The lowest BCUT2D eigenvalue weighted by Gasteiger charge is -2.18. The van der Waals surface area contributed by atoms with Gasteiger partial charge >= 0.3 is 0 Å². The molecule has 168 valence electrons. The van der Waals surface area contributed by atoms with Crippen molar-refractivity contribution in [2.45, 2.75) is 0 Å². The minimum atomic E-state index is 1.03. The molecule has 0 radical (unpaired) electrons. The van der Waals surface area contributed by atoms with Gasteiger partial charge < -0.3 is 0 Å². The summed E-state index contributed by atoms with van der Waals surface area (Å²) < 4.78 is 0. The quantitative estimate of drug-likeness (QED) is 0.241. The fraction of sp³-hybridized carbons (Fsp3) is 0. The molecule has 1 heteroatoms.